The van der Waals surface area contributed by atoms with Crippen LogP contribution in [0.15, 0.2) is 30.3 Å². The Morgan fingerprint density at radius 1 is 1.43 bits per heavy atom. The number of benzene rings is 1. The maximum Gasteiger partial charge on any atom is 0.313 e. The minimum Gasteiger partial charge on any atom is -0.481 e. The zero-order valence-corrected chi connectivity index (χ0v) is 12.6. The van der Waals surface area contributed by atoms with Gasteiger partial charge in [-0.3, -0.25) is 4.79 Å². The number of hydrogen-bond acceptors (Lipinski definition) is 4. The zero-order valence-electron chi connectivity index (χ0n) is 11.8. The Morgan fingerprint density at radius 2 is 2.10 bits per heavy atom. The summed E-state index contributed by atoms with van der Waals surface area (Å²) in [7, 11) is -3.56. The van der Waals surface area contributed by atoms with Crippen molar-refractivity contribution in [1.82, 2.24) is 4.72 Å². The number of sulfonamides is 1. The summed E-state index contributed by atoms with van der Waals surface area (Å²) in [6, 6.07) is 8.54. The van der Waals surface area contributed by atoms with Crippen LogP contribution in [0.4, 0.5) is 0 Å². The molecule has 0 bridgehead atoms. The molecule has 1 aliphatic heterocycles. The lowest BCUT2D eigenvalue weighted by Crippen LogP contribution is -2.50. The summed E-state index contributed by atoms with van der Waals surface area (Å²) in [5, 5.41) is 9.23. The fraction of sp³-hybridized carbons (Fsp3) is 0.500. The van der Waals surface area contributed by atoms with Crippen LogP contribution >= 0.6 is 0 Å². The predicted octanol–water partition coefficient (Wildman–Crippen LogP) is 0.638. The lowest BCUT2D eigenvalue weighted by molar-refractivity contribution is -0.148. The van der Waals surface area contributed by atoms with Crippen LogP contribution in [-0.4, -0.2) is 44.5 Å². The van der Waals surface area contributed by atoms with E-state index in [0.717, 1.165) is 5.56 Å². The number of carboxylic acids is 1. The van der Waals surface area contributed by atoms with Crippen molar-refractivity contribution in [3.05, 3.63) is 35.9 Å². The van der Waals surface area contributed by atoms with Gasteiger partial charge in [0.1, 0.15) is 5.41 Å². The van der Waals surface area contributed by atoms with E-state index in [-0.39, 0.29) is 19.0 Å². The summed E-state index contributed by atoms with van der Waals surface area (Å²) in [5.74, 6) is -1.14. The molecule has 7 heteroatoms. The summed E-state index contributed by atoms with van der Waals surface area (Å²) < 4.78 is 31.8. The Balaban J connectivity index is 1.99. The quantitative estimate of drug-likeness (QED) is 0.804. The fourth-order valence-electron chi connectivity index (χ4n) is 2.22. The Kier molecular flexibility index (Phi) is 4.65. The molecule has 0 saturated carbocycles. The summed E-state index contributed by atoms with van der Waals surface area (Å²) in [5.41, 5.74) is -0.300. The number of carbonyl (C=O) groups is 1. The standard InChI is InChI=1S/C14H19NO5S/c1-14(13(16)17)10-20-9-12(14)15-21(18,19)8-7-11-5-3-2-4-6-11/h2-6,12,15H,7-10H2,1H3,(H,16,17). The lowest BCUT2D eigenvalue weighted by atomic mass is 9.86. The Bertz CT molecular complexity index is 601. The van der Waals surface area contributed by atoms with Crippen LogP contribution in [0.25, 0.3) is 0 Å². The Hall–Kier alpha value is -1.44. The van der Waals surface area contributed by atoms with Crippen molar-refractivity contribution in [3.63, 3.8) is 0 Å². The highest BCUT2D eigenvalue weighted by Crippen LogP contribution is 2.29. The third-order valence-electron chi connectivity index (χ3n) is 3.77. The van der Waals surface area contributed by atoms with Gasteiger partial charge in [0.25, 0.3) is 0 Å². The molecular weight excluding hydrogens is 294 g/mol. The summed E-state index contributed by atoms with van der Waals surface area (Å²) in [4.78, 5) is 11.3. The molecule has 2 unspecified atom stereocenters. The number of aryl methyl sites for hydroxylation is 1. The van der Waals surface area contributed by atoms with E-state index in [4.69, 9.17) is 4.74 Å². The molecule has 2 N–H and O–H groups in total. The maximum atomic E-state index is 12.1. The molecule has 116 valence electrons. The lowest BCUT2D eigenvalue weighted by Gasteiger charge is -2.25. The number of carboxylic acid groups (broad SMARTS) is 1. The average Bonchev–Trinajstić information content (AvgIpc) is 2.80. The van der Waals surface area contributed by atoms with Crippen LogP contribution in [0.2, 0.25) is 0 Å². The van der Waals surface area contributed by atoms with E-state index in [0.29, 0.717) is 6.42 Å². The van der Waals surface area contributed by atoms with Crippen molar-refractivity contribution in [2.75, 3.05) is 19.0 Å². The highest BCUT2D eigenvalue weighted by molar-refractivity contribution is 7.89. The van der Waals surface area contributed by atoms with Gasteiger partial charge in [-0.1, -0.05) is 30.3 Å². The van der Waals surface area contributed by atoms with Crippen LogP contribution in [0, 0.1) is 5.41 Å². The highest BCUT2D eigenvalue weighted by Gasteiger charge is 2.48. The first kappa shape index (κ1) is 15.9. The SMILES string of the molecule is CC1(C(=O)O)COCC1NS(=O)(=O)CCc1ccccc1. The molecule has 6 nitrogen and oxygen atoms in total. The number of nitrogens with one attached hydrogen (secondary N) is 1. The van der Waals surface area contributed by atoms with Crippen LogP contribution in [0.5, 0.6) is 0 Å². The molecule has 0 radical (unpaired) electrons. The van der Waals surface area contributed by atoms with Gasteiger partial charge in [-0.25, -0.2) is 13.1 Å². The first-order chi connectivity index (χ1) is 9.83. The second kappa shape index (κ2) is 6.13. The number of aliphatic carboxylic acids is 1. The number of rotatable bonds is 6. The van der Waals surface area contributed by atoms with E-state index in [1.165, 1.54) is 6.92 Å². The number of hydrogen-bond donors (Lipinski definition) is 2. The van der Waals surface area contributed by atoms with Gasteiger partial charge in [-0.05, 0) is 18.9 Å². The predicted molar refractivity (Wildman–Crippen MR) is 77.4 cm³/mol. The topological polar surface area (TPSA) is 92.7 Å². The van der Waals surface area contributed by atoms with Crippen molar-refractivity contribution in [3.8, 4) is 0 Å². The third-order valence-corrected chi connectivity index (χ3v) is 5.15. The average molecular weight is 313 g/mol. The second-order valence-corrected chi connectivity index (χ2v) is 7.34. The largest absolute Gasteiger partial charge is 0.481 e. The van der Waals surface area contributed by atoms with Gasteiger partial charge in [0.15, 0.2) is 0 Å². The molecule has 1 fully saturated rings. The molecule has 0 aliphatic carbocycles. The molecule has 1 aromatic rings. The first-order valence-electron chi connectivity index (χ1n) is 6.68. The second-order valence-electron chi connectivity index (χ2n) is 5.46. The van der Waals surface area contributed by atoms with Gasteiger partial charge in [0, 0.05) is 0 Å². The smallest absolute Gasteiger partial charge is 0.313 e. The fourth-order valence-corrected chi connectivity index (χ4v) is 3.60. The molecule has 2 rings (SSSR count). The van der Waals surface area contributed by atoms with E-state index < -0.39 is 27.4 Å². The van der Waals surface area contributed by atoms with Crippen molar-refractivity contribution in [1.29, 1.82) is 0 Å². The Labute approximate surface area is 124 Å². The first-order valence-corrected chi connectivity index (χ1v) is 8.34. The summed E-state index contributed by atoms with van der Waals surface area (Å²) in [6.45, 7) is 1.58. The van der Waals surface area contributed by atoms with E-state index in [1.54, 1.807) is 0 Å². The zero-order chi connectivity index (χ0) is 15.5. The normalized spacial score (nSPS) is 25.9. The maximum absolute atomic E-state index is 12.1. The van der Waals surface area contributed by atoms with E-state index in [9.17, 15) is 18.3 Å². The van der Waals surface area contributed by atoms with E-state index >= 15 is 0 Å². The number of ether oxygens (including phenoxy) is 1. The Morgan fingerprint density at radius 3 is 2.71 bits per heavy atom. The molecular formula is C14H19NO5S. The summed E-state index contributed by atoms with van der Waals surface area (Å²) >= 11 is 0. The minimum atomic E-state index is -3.56. The van der Waals surface area contributed by atoms with Crippen LogP contribution in [0.3, 0.4) is 0 Å². The highest BCUT2D eigenvalue weighted by atomic mass is 32.2. The third kappa shape index (κ3) is 3.81. The van der Waals surface area contributed by atoms with Gasteiger partial charge in [-0.2, -0.15) is 0 Å². The summed E-state index contributed by atoms with van der Waals surface area (Å²) in [6.07, 6.45) is 0.382. The van der Waals surface area contributed by atoms with Crippen LogP contribution < -0.4 is 4.72 Å². The van der Waals surface area contributed by atoms with Gasteiger partial charge in [0.2, 0.25) is 10.0 Å². The van der Waals surface area contributed by atoms with Gasteiger partial charge < -0.3 is 9.84 Å². The minimum absolute atomic E-state index is 0.00814. The molecule has 1 aliphatic rings. The van der Waals surface area contributed by atoms with Crippen molar-refractivity contribution < 1.29 is 23.1 Å². The molecule has 2 atom stereocenters. The molecule has 21 heavy (non-hydrogen) atoms. The monoisotopic (exact) mass is 313 g/mol. The van der Waals surface area contributed by atoms with E-state index in [2.05, 4.69) is 4.72 Å². The van der Waals surface area contributed by atoms with E-state index in [1.807, 2.05) is 30.3 Å². The molecule has 1 heterocycles. The van der Waals surface area contributed by atoms with Gasteiger partial charge in [0.05, 0.1) is 25.0 Å². The van der Waals surface area contributed by atoms with Crippen molar-refractivity contribution in [2.45, 2.75) is 19.4 Å². The van der Waals surface area contributed by atoms with Crippen molar-refractivity contribution >= 4 is 16.0 Å². The molecule has 0 aromatic heterocycles. The van der Waals surface area contributed by atoms with Crippen LogP contribution in [0.1, 0.15) is 12.5 Å². The molecule has 0 amide bonds. The van der Waals surface area contributed by atoms with Gasteiger partial charge >= 0.3 is 5.97 Å². The van der Waals surface area contributed by atoms with Crippen molar-refractivity contribution in [2.24, 2.45) is 5.41 Å². The molecule has 0 spiro atoms. The van der Waals surface area contributed by atoms with Gasteiger partial charge in [-0.15, -0.1) is 0 Å². The molecule has 1 aromatic carbocycles. The molecule has 1 saturated heterocycles. The van der Waals surface area contributed by atoms with Crippen LogP contribution in [-0.2, 0) is 26.0 Å².